The highest BCUT2D eigenvalue weighted by Gasteiger charge is 2.29. The van der Waals surface area contributed by atoms with Gasteiger partial charge in [0.2, 0.25) is 5.91 Å². The number of hydrogen-bond donors (Lipinski definition) is 1. The molecule has 2 heterocycles. The van der Waals surface area contributed by atoms with Crippen molar-refractivity contribution in [3.63, 3.8) is 0 Å². The fourth-order valence-corrected chi connectivity index (χ4v) is 3.75. The maximum atomic E-state index is 12.7. The molecular formula is C19H26N4O2. The molecule has 0 unspecified atom stereocenters. The van der Waals surface area contributed by atoms with Crippen molar-refractivity contribution in [3.05, 3.63) is 40.4 Å². The van der Waals surface area contributed by atoms with Gasteiger partial charge in [-0.2, -0.15) is 0 Å². The highest BCUT2D eigenvalue weighted by Crippen LogP contribution is 2.22. The molecule has 1 aromatic heterocycles. The van der Waals surface area contributed by atoms with Crippen molar-refractivity contribution in [2.45, 2.75) is 51.7 Å². The SMILES string of the molecule is C[C@@H]1CCC[C@@H](C)N1C(=O)CN(C)Cc1nc2ccccc2c(=O)[nH]1. The summed E-state index contributed by atoms with van der Waals surface area (Å²) in [6.45, 7) is 5.00. The van der Waals surface area contributed by atoms with E-state index in [2.05, 4.69) is 23.8 Å². The van der Waals surface area contributed by atoms with Gasteiger partial charge in [0.1, 0.15) is 5.82 Å². The molecule has 6 heteroatoms. The summed E-state index contributed by atoms with van der Waals surface area (Å²) in [5, 5.41) is 0.584. The van der Waals surface area contributed by atoms with Crippen molar-refractivity contribution < 1.29 is 4.79 Å². The lowest BCUT2D eigenvalue weighted by molar-refractivity contribution is -0.138. The standard InChI is InChI=1S/C19H26N4O2/c1-13-7-6-8-14(2)23(13)18(24)12-22(3)11-17-20-16-10-5-4-9-15(16)19(25)21-17/h4-5,9-10,13-14H,6-8,11-12H2,1-3H3,(H,20,21,25)/t13-,14-/m1/s1. The molecule has 1 fully saturated rings. The van der Waals surface area contributed by atoms with Crippen LogP contribution in [-0.4, -0.2) is 51.4 Å². The van der Waals surface area contributed by atoms with Crippen molar-refractivity contribution in [3.8, 4) is 0 Å². The largest absolute Gasteiger partial charge is 0.336 e. The zero-order chi connectivity index (χ0) is 18.0. The highest BCUT2D eigenvalue weighted by molar-refractivity contribution is 5.79. The van der Waals surface area contributed by atoms with E-state index < -0.39 is 0 Å². The second-order valence-electron chi connectivity index (χ2n) is 7.13. The van der Waals surface area contributed by atoms with Crippen LogP contribution in [0.3, 0.4) is 0 Å². The Morgan fingerprint density at radius 1 is 1.28 bits per heavy atom. The van der Waals surface area contributed by atoms with Crippen LogP contribution in [0.4, 0.5) is 0 Å². The van der Waals surface area contributed by atoms with Crippen LogP contribution in [0.5, 0.6) is 0 Å². The second kappa shape index (κ2) is 7.35. The predicted octanol–water partition coefficient (Wildman–Crippen LogP) is 2.14. The summed E-state index contributed by atoms with van der Waals surface area (Å²) >= 11 is 0. The van der Waals surface area contributed by atoms with Crippen molar-refractivity contribution in [2.75, 3.05) is 13.6 Å². The number of hydrogen-bond acceptors (Lipinski definition) is 4. The summed E-state index contributed by atoms with van der Waals surface area (Å²) < 4.78 is 0. The van der Waals surface area contributed by atoms with E-state index >= 15 is 0 Å². The van der Waals surface area contributed by atoms with E-state index in [1.54, 1.807) is 6.07 Å². The predicted molar refractivity (Wildman–Crippen MR) is 98.3 cm³/mol. The molecule has 0 saturated carbocycles. The molecular weight excluding hydrogens is 316 g/mol. The first-order chi connectivity index (χ1) is 12.0. The average molecular weight is 342 g/mol. The first-order valence-corrected chi connectivity index (χ1v) is 8.93. The minimum atomic E-state index is -0.140. The molecule has 1 amide bonds. The Hall–Kier alpha value is -2.21. The minimum Gasteiger partial charge on any atom is -0.336 e. The zero-order valence-electron chi connectivity index (χ0n) is 15.2. The van der Waals surface area contributed by atoms with Gasteiger partial charge in [-0.05, 0) is 52.3 Å². The Kier molecular flexibility index (Phi) is 5.18. The first-order valence-electron chi connectivity index (χ1n) is 8.93. The number of carbonyl (C=O) groups is 1. The van der Waals surface area contributed by atoms with Gasteiger partial charge >= 0.3 is 0 Å². The number of aromatic nitrogens is 2. The zero-order valence-corrected chi connectivity index (χ0v) is 15.2. The quantitative estimate of drug-likeness (QED) is 0.924. The summed E-state index contributed by atoms with van der Waals surface area (Å²) in [5.74, 6) is 0.726. The van der Waals surface area contributed by atoms with Crippen LogP contribution in [0.15, 0.2) is 29.1 Å². The van der Waals surface area contributed by atoms with E-state index in [0.717, 1.165) is 12.8 Å². The van der Waals surface area contributed by atoms with Crippen molar-refractivity contribution in [2.24, 2.45) is 0 Å². The number of amides is 1. The molecule has 2 atom stereocenters. The topological polar surface area (TPSA) is 69.3 Å². The molecule has 1 aliphatic heterocycles. The Balaban J connectivity index is 1.69. The number of nitrogens with zero attached hydrogens (tertiary/aromatic N) is 3. The first kappa shape index (κ1) is 17.6. The van der Waals surface area contributed by atoms with Gasteiger partial charge in [-0.25, -0.2) is 4.98 Å². The molecule has 0 radical (unpaired) electrons. The smallest absolute Gasteiger partial charge is 0.258 e. The molecule has 3 rings (SSSR count). The Bertz CT molecular complexity index is 806. The lowest BCUT2D eigenvalue weighted by Crippen LogP contribution is -2.50. The van der Waals surface area contributed by atoms with E-state index in [0.29, 0.717) is 41.9 Å². The fourth-order valence-electron chi connectivity index (χ4n) is 3.75. The van der Waals surface area contributed by atoms with Crippen LogP contribution in [0.2, 0.25) is 0 Å². The lowest BCUT2D eigenvalue weighted by atomic mass is 9.97. The Morgan fingerprint density at radius 2 is 1.96 bits per heavy atom. The lowest BCUT2D eigenvalue weighted by Gasteiger charge is -2.39. The van der Waals surface area contributed by atoms with Crippen molar-refractivity contribution in [1.82, 2.24) is 19.8 Å². The van der Waals surface area contributed by atoms with Crippen LogP contribution in [-0.2, 0) is 11.3 Å². The van der Waals surface area contributed by atoms with Gasteiger partial charge in [-0.1, -0.05) is 12.1 Å². The van der Waals surface area contributed by atoms with Gasteiger partial charge in [0.25, 0.3) is 5.56 Å². The third-order valence-electron chi connectivity index (χ3n) is 4.97. The fraction of sp³-hybridized carbons (Fsp3) is 0.526. The number of nitrogens with one attached hydrogen (secondary N) is 1. The van der Waals surface area contributed by atoms with E-state index in [1.165, 1.54) is 6.42 Å². The van der Waals surface area contributed by atoms with Gasteiger partial charge < -0.3 is 9.88 Å². The number of para-hydroxylation sites is 1. The summed E-state index contributed by atoms with van der Waals surface area (Å²) in [7, 11) is 1.88. The van der Waals surface area contributed by atoms with Crippen LogP contribution in [0, 0.1) is 0 Å². The van der Waals surface area contributed by atoms with E-state index in [-0.39, 0.29) is 11.5 Å². The number of H-pyrrole nitrogens is 1. The summed E-state index contributed by atoms with van der Waals surface area (Å²) in [6.07, 6.45) is 3.32. The molecule has 1 aromatic carbocycles. The number of likely N-dealkylation sites (tertiary alicyclic amines) is 1. The molecule has 0 bridgehead atoms. The maximum absolute atomic E-state index is 12.7. The summed E-state index contributed by atoms with van der Waals surface area (Å²) in [5.41, 5.74) is 0.540. The van der Waals surface area contributed by atoms with Crippen molar-refractivity contribution >= 4 is 16.8 Å². The highest BCUT2D eigenvalue weighted by atomic mass is 16.2. The number of fused-ring (bicyclic) bond motifs is 1. The van der Waals surface area contributed by atoms with E-state index in [9.17, 15) is 9.59 Å². The van der Waals surface area contributed by atoms with Crippen LogP contribution in [0.1, 0.15) is 38.9 Å². The number of carbonyl (C=O) groups excluding carboxylic acids is 1. The van der Waals surface area contributed by atoms with Gasteiger partial charge in [0, 0.05) is 12.1 Å². The van der Waals surface area contributed by atoms with Crippen LogP contribution in [0.25, 0.3) is 10.9 Å². The number of likely N-dealkylation sites (N-methyl/N-ethyl adjacent to an activating group) is 1. The molecule has 25 heavy (non-hydrogen) atoms. The molecule has 2 aromatic rings. The second-order valence-corrected chi connectivity index (χ2v) is 7.13. The van der Waals surface area contributed by atoms with E-state index in [4.69, 9.17) is 0 Å². The molecule has 1 saturated heterocycles. The van der Waals surface area contributed by atoms with Crippen LogP contribution < -0.4 is 5.56 Å². The third kappa shape index (κ3) is 3.90. The van der Waals surface area contributed by atoms with Gasteiger partial charge in [-0.3, -0.25) is 14.5 Å². The maximum Gasteiger partial charge on any atom is 0.258 e. The number of benzene rings is 1. The molecule has 0 aliphatic carbocycles. The monoisotopic (exact) mass is 342 g/mol. The third-order valence-corrected chi connectivity index (χ3v) is 4.97. The normalized spacial score (nSPS) is 21.0. The Morgan fingerprint density at radius 3 is 2.68 bits per heavy atom. The molecule has 1 aliphatic rings. The van der Waals surface area contributed by atoms with Crippen molar-refractivity contribution in [1.29, 1.82) is 0 Å². The van der Waals surface area contributed by atoms with E-state index in [1.807, 2.05) is 35.0 Å². The molecule has 134 valence electrons. The average Bonchev–Trinajstić information content (AvgIpc) is 2.54. The molecule has 1 N–H and O–H groups in total. The molecule has 6 nitrogen and oxygen atoms in total. The number of piperidine rings is 1. The summed E-state index contributed by atoms with van der Waals surface area (Å²) in [6, 6.07) is 7.87. The number of aromatic amines is 1. The Labute approximate surface area is 147 Å². The van der Waals surface area contributed by atoms with Gasteiger partial charge in [0.15, 0.2) is 0 Å². The summed E-state index contributed by atoms with van der Waals surface area (Å²) in [4.78, 5) is 36.1. The minimum absolute atomic E-state index is 0.140. The molecule has 0 spiro atoms. The van der Waals surface area contributed by atoms with Gasteiger partial charge in [-0.15, -0.1) is 0 Å². The van der Waals surface area contributed by atoms with Crippen LogP contribution >= 0.6 is 0 Å². The van der Waals surface area contributed by atoms with Gasteiger partial charge in [0.05, 0.1) is 24.0 Å². The number of rotatable bonds is 4.